The van der Waals surface area contributed by atoms with E-state index >= 15 is 0 Å². The van der Waals surface area contributed by atoms with Crippen molar-refractivity contribution in [2.24, 2.45) is 0 Å². The molecule has 6 unspecified atom stereocenters. The maximum absolute atomic E-state index is 12.8. The van der Waals surface area contributed by atoms with Gasteiger partial charge < -0.3 is 50.3 Å². The van der Waals surface area contributed by atoms with Gasteiger partial charge in [-0.2, -0.15) is 0 Å². The number of Topliss-reactive ketones (excluding diaryl/α,β-unsaturated/α-hetero) is 1. The van der Waals surface area contributed by atoms with E-state index in [1.165, 1.54) is 18.2 Å². The van der Waals surface area contributed by atoms with Gasteiger partial charge in [0.15, 0.2) is 17.3 Å². The number of ether oxygens (including phenoxy) is 2. The number of hydrogen-bond donors (Lipinski definition) is 8. The van der Waals surface area contributed by atoms with Gasteiger partial charge in [-0.3, -0.25) is 4.79 Å². The van der Waals surface area contributed by atoms with Gasteiger partial charge in [-0.1, -0.05) is 6.07 Å². The third-order valence-electron chi connectivity index (χ3n) is 5.74. The topological polar surface area (TPSA) is 197 Å². The molecule has 2 aromatic carbocycles. The summed E-state index contributed by atoms with van der Waals surface area (Å²) in [7, 11) is 0. The number of phenolic OH excluding ortho intramolecular Hbond substituents is 4. The quantitative estimate of drug-likeness (QED) is 0.287. The van der Waals surface area contributed by atoms with Crippen molar-refractivity contribution >= 4 is 5.78 Å². The second kappa shape index (κ2) is 8.11. The number of phenols is 4. The Hall–Kier alpha value is -3.09. The highest BCUT2D eigenvalue weighted by Gasteiger charge is 2.47. The summed E-state index contributed by atoms with van der Waals surface area (Å²) in [5, 5.41) is 80.2. The number of aromatic hydroxyl groups is 4. The van der Waals surface area contributed by atoms with Crippen LogP contribution in [-0.2, 0) is 4.74 Å². The molecule has 172 valence electrons. The highest BCUT2D eigenvalue weighted by atomic mass is 16.5. The number of rotatable bonds is 3. The first kappa shape index (κ1) is 22.1. The molecule has 2 aliphatic heterocycles. The molecule has 11 nitrogen and oxygen atoms in total. The molecule has 4 rings (SSSR count). The van der Waals surface area contributed by atoms with Crippen molar-refractivity contribution in [3.63, 3.8) is 0 Å². The van der Waals surface area contributed by atoms with Gasteiger partial charge in [0.25, 0.3) is 0 Å². The lowest BCUT2D eigenvalue weighted by Crippen LogP contribution is -2.55. The summed E-state index contributed by atoms with van der Waals surface area (Å²) in [5.41, 5.74) is -0.244. The van der Waals surface area contributed by atoms with Crippen molar-refractivity contribution in [1.29, 1.82) is 0 Å². The van der Waals surface area contributed by atoms with E-state index < -0.39 is 66.3 Å². The molecule has 0 saturated carbocycles. The molecule has 2 heterocycles. The lowest BCUT2D eigenvalue weighted by atomic mass is 9.87. The van der Waals surface area contributed by atoms with E-state index in [1.54, 1.807) is 0 Å². The average molecular weight is 450 g/mol. The molecule has 2 aliphatic rings. The van der Waals surface area contributed by atoms with Crippen molar-refractivity contribution in [2.45, 2.75) is 43.0 Å². The number of fused-ring (bicyclic) bond motifs is 1. The van der Waals surface area contributed by atoms with E-state index in [1.807, 2.05) is 0 Å². The highest BCUT2D eigenvalue weighted by molar-refractivity contribution is 6.03. The van der Waals surface area contributed by atoms with E-state index in [-0.39, 0.29) is 29.0 Å². The molecule has 1 fully saturated rings. The minimum atomic E-state index is -1.77. The van der Waals surface area contributed by atoms with Gasteiger partial charge in [-0.25, -0.2) is 0 Å². The van der Waals surface area contributed by atoms with Crippen LogP contribution in [-0.4, -0.2) is 77.7 Å². The summed E-state index contributed by atoms with van der Waals surface area (Å²) in [4.78, 5) is 12.8. The zero-order valence-electron chi connectivity index (χ0n) is 16.5. The van der Waals surface area contributed by atoms with E-state index in [4.69, 9.17) is 9.47 Å². The third-order valence-corrected chi connectivity index (χ3v) is 5.74. The van der Waals surface area contributed by atoms with Crippen LogP contribution in [0.3, 0.4) is 0 Å². The fourth-order valence-corrected chi connectivity index (χ4v) is 4.03. The van der Waals surface area contributed by atoms with E-state index in [0.29, 0.717) is 5.56 Å². The smallest absolute Gasteiger partial charge is 0.174 e. The monoisotopic (exact) mass is 450 g/mol. The number of carbonyl (C=O) groups is 1. The Morgan fingerprint density at radius 3 is 2.25 bits per heavy atom. The lowest BCUT2D eigenvalue weighted by molar-refractivity contribution is -0.232. The van der Waals surface area contributed by atoms with Crippen LogP contribution in [0.15, 0.2) is 24.3 Å². The molecule has 0 aromatic heterocycles. The van der Waals surface area contributed by atoms with Crippen LogP contribution in [0.4, 0.5) is 0 Å². The molecule has 0 amide bonds. The molecule has 11 heteroatoms. The molecule has 0 spiro atoms. The summed E-state index contributed by atoms with van der Waals surface area (Å²) in [6.45, 7) is -0.711. The van der Waals surface area contributed by atoms with Gasteiger partial charge in [-0.05, 0) is 17.7 Å². The number of benzene rings is 2. The van der Waals surface area contributed by atoms with Crippen LogP contribution in [0.5, 0.6) is 28.7 Å². The van der Waals surface area contributed by atoms with Crippen LogP contribution >= 0.6 is 0 Å². The van der Waals surface area contributed by atoms with Gasteiger partial charge in [0, 0.05) is 6.07 Å². The fourth-order valence-electron chi connectivity index (χ4n) is 4.03. The SMILES string of the molecule is O=C1CC(c2ccc(O)c(O)c2)Oc2c1c(O)cc(O)c2C1OC(CO)C(O)C(O)C1O. The Morgan fingerprint density at radius 1 is 0.875 bits per heavy atom. The summed E-state index contributed by atoms with van der Waals surface area (Å²) in [6.07, 6.45) is -9.22. The molecule has 6 atom stereocenters. The van der Waals surface area contributed by atoms with Crippen LogP contribution in [0.25, 0.3) is 0 Å². The van der Waals surface area contributed by atoms with Crippen LogP contribution in [0, 0.1) is 0 Å². The largest absolute Gasteiger partial charge is 0.507 e. The third kappa shape index (κ3) is 3.49. The molecular formula is C21H22O11. The summed E-state index contributed by atoms with van der Waals surface area (Å²) in [6, 6.07) is 4.67. The molecule has 0 radical (unpaired) electrons. The van der Waals surface area contributed by atoms with Gasteiger partial charge in [-0.15, -0.1) is 0 Å². The van der Waals surface area contributed by atoms with Crippen LogP contribution in [0.2, 0.25) is 0 Å². The molecule has 0 bridgehead atoms. The van der Waals surface area contributed by atoms with E-state index in [9.17, 15) is 45.6 Å². The maximum atomic E-state index is 12.8. The zero-order valence-corrected chi connectivity index (χ0v) is 16.5. The van der Waals surface area contributed by atoms with Crippen molar-refractivity contribution in [2.75, 3.05) is 6.61 Å². The normalized spacial score (nSPS) is 29.9. The van der Waals surface area contributed by atoms with Crippen molar-refractivity contribution in [3.05, 3.63) is 41.0 Å². The molecule has 2 aromatic rings. The summed E-state index contributed by atoms with van der Waals surface area (Å²) in [5.74, 6) is -2.92. The van der Waals surface area contributed by atoms with Gasteiger partial charge in [0.05, 0.1) is 18.6 Å². The molecular weight excluding hydrogens is 428 g/mol. The number of hydrogen-bond acceptors (Lipinski definition) is 11. The van der Waals surface area contributed by atoms with Crippen molar-refractivity contribution in [3.8, 4) is 28.7 Å². The predicted octanol–water partition coefficient (Wildman–Crippen LogP) is -0.270. The van der Waals surface area contributed by atoms with E-state index in [0.717, 1.165) is 6.07 Å². The van der Waals surface area contributed by atoms with Gasteiger partial charge in [0.2, 0.25) is 0 Å². The molecule has 8 N–H and O–H groups in total. The van der Waals surface area contributed by atoms with Crippen LogP contribution in [0.1, 0.15) is 40.1 Å². The highest BCUT2D eigenvalue weighted by Crippen LogP contribution is 2.50. The minimum absolute atomic E-state index is 0.246. The first-order valence-electron chi connectivity index (χ1n) is 9.75. The molecule has 0 aliphatic carbocycles. The average Bonchev–Trinajstić information content (AvgIpc) is 2.74. The summed E-state index contributed by atoms with van der Waals surface area (Å²) >= 11 is 0. The predicted molar refractivity (Wildman–Crippen MR) is 105 cm³/mol. The second-order valence-corrected chi connectivity index (χ2v) is 7.76. The maximum Gasteiger partial charge on any atom is 0.174 e. The summed E-state index contributed by atoms with van der Waals surface area (Å²) < 4.78 is 11.4. The second-order valence-electron chi connectivity index (χ2n) is 7.76. The zero-order chi connectivity index (χ0) is 23.3. The fraction of sp³-hybridized carbons (Fsp3) is 0.381. The Bertz CT molecular complexity index is 1050. The number of ketones is 1. The van der Waals surface area contributed by atoms with E-state index in [2.05, 4.69) is 0 Å². The molecule has 32 heavy (non-hydrogen) atoms. The Balaban J connectivity index is 1.82. The minimum Gasteiger partial charge on any atom is -0.507 e. The Labute approximate surface area is 181 Å². The molecule has 1 saturated heterocycles. The first-order chi connectivity index (χ1) is 15.1. The Kier molecular flexibility index (Phi) is 5.61. The van der Waals surface area contributed by atoms with Crippen molar-refractivity contribution < 1.29 is 55.1 Å². The number of aliphatic hydroxyl groups excluding tert-OH is 4. The lowest BCUT2D eigenvalue weighted by Gasteiger charge is -2.41. The van der Waals surface area contributed by atoms with Crippen molar-refractivity contribution in [1.82, 2.24) is 0 Å². The number of carbonyl (C=O) groups excluding carboxylic acids is 1. The first-order valence-corrected chi connectivity index (χ1v) is 9.75. The van der Waals surface area contributed by atoms with Gasteiger partial charge in [0.1, 0.15) is 59.4 Å². The standard InChI is InChI=1S/C21H22O11/c22-6-14-17(28)18(29)19(30)21(32-14)16-11(26)4-10(25)15-12(27)5-13(31-20(15)16)7-1-2-8(23)9(24)3-7/h1-4,13-14,17-19,21-26,28-30H,5-6H2. The number of aliphatic hydroxyl groups is 4. The van der Waals surface area contributed by atoms with Crippen LogP contribution < -0.4 is 4.74 Å². The van der Waals surface area contributed by atoms with Gasteiger partial charge >= 0.3 is 0 Å². The Morgan fingerprint density at radius 2 is 1.59 bits per heavy atom.